The van der Waals surface area contributed by atoms with Gasteiger partial charge in [-0.05, 0) is 12.5 Å². The lowest BCUT2D eigenvalue weighted by Gasteiger charge is -2.31. The van der Waals surface area contributed by atoms with Gasteiger partial charge in [0.1, 0.15) is 12.0 Å². The molecule has 0 aromatic carbocycles. The molecule has 7 nitrogen and oxygen atoms in total. The summed E-state index contributed by atoms with van der Waals surface area (Å²) in [6, 6.07) is 3.54. The van der Waals surface area contributed by atoms with Crippen molar-refractivity contribution in [2.75, 3.05) is 24.6 Å². The number of anilines is 1. The van der Waals surface area contributed by atoms with Gasteiger partial charge in [-0.15, -0.1) is 0 Å². The lowest BCUT2D eigenvalue weighted by atomic mass is 10.2. The molecule has 0 radical (unpaired) electrons. The van der Waals surface area contributed by atoms with Gasteiger partial charge < -0.3 is 9.64 Å². The average Bonchev–Trinajstić information content (AvgIpc) is 2.38. The molecule has 1 fully saturated rings. The first kappa shape index (κ1) is 12.3. The Morgan fingerprint density at radius 2 is 2.50 bits per heavy atom. The maximum atomic E-state index is 10.6. The van der Waals surface area contributed by atoms with E-state index in [2.05, 4.69) is 11.1 Å². The molecule has 0 N–H and O–H groups in total. The first-order valence-electron chi connectivity index (χ1n) is 5.49. The number of rotatable bonds is 2. The highest BCUT2D eigenvalue weighted by Gasteiger charge is 2.23. The second kappa shape index (κ2) is 4.98. The fourth-order valence-corrected chi connectivity index (χ4v) is 1.90. The fraction of sp³-hybridized carbons (Fsp3) is 0.455. The Morgan fingerprint density at radius 3 is 3.11 bits per heavy atom. The Kier molecular flexibility index (Phi) is 3.39. The zero-order chi connectivity index (χ0) is 13.1. The summed E-state index contributed by atoms with van der Waals surface area (Å²) in [7, 11) is 0. The molecular weight excluding hydrogens is 236 g/mol. The highest BCUT2D eigenvalue weighted by Crippen LogP contribution is 2.23. The van der Waals surface area contributed by atoms with E-state index in [0.717, 1.165) is 5.56 Å². The van der Waals surface area contributed by atoms with E-state index in [4.69, 9.17) is 10.00 Å². The maximum Gasteiger partial charge on any atom is 0.287 e. The molecule has 0 amide bonds. The van der Waals surface area contributed by atoms with Crippen molar-refractivity contribution in [3.05, 3.63) is 27.9 Å². The number of aromatic nitrogens is 1. The topological polar surface area (TPSA) is 92.3 Å². The number of nitriles is 1. The number of pyridine rings is 1. The molecule has 18 heavy (non-hydrogen) atoms. The number of ether oxygens (including phenoxy) is 1. The summed E-state index contributed by atoms with van der Waals surface area (Å²) in [5, 5.41) is 19.5. The third kappa shape index (κ3) is 2.38. The molecule has 1 aromatic rings. The van der Waals surface area contributed by atoms with Gasteiger partial charge in [0.25, 0.3) is 5.69 Å². The Bertz CT molecular complexity index is 512. The summed E-state index contributed by atoms with van der Waals surface area (Å²) in [5.74, 6) is 0.671. The van der Waals surface area contributed by atoms with E-state index in [9.17, 15) is 10.1 Å². The maximum absolute atomic E-state index is 10.6. The third-order valence-electron chi connectivity index (χ3n) is 2.76. The van der Waals surface area contributed by atoms with Gasteiger partial charge >= 0.3 is 0 Å². The number of hydrogen-bond donors (Lipinski definition) is 0. The van der Waals surface area contributed by atoms with E-state index in [1.807, 2.05) is 4.90 Å². The van der Waals surface area contributed by atoms with Crippen LogP contribution in [0.1, 0.15) is 5.56 Å². The van der Waals surface area contributed by atoms with Crippen LogP contribution in [0.4, 0.5) is 11.5 Å². The third-order valence-corrected chi connectivity index (χ3v) is 2.76. The number of hydrogen-bond acceptors (Lipinski definition) is 6. The van der Waals surface area contributed by atoms with Crippen molar-refractivity contribution >= 4 is 11.5 Å². The minimum Gasteiger partial charge on any atom is -0.360 e. The Morgan fingerprint density at radius 1 is 1.72 bits per heavy atom. The summed E-state index contributed by atoms with van der Waals surface area (Å²) in [4.78, 5) is 16.2. The minimum absolute atomic E-state index is 0.0265. The molecular formula is C11H12N4O3. The second-order valence-corrected chi connectivity index (χ2v) is 4.03. The molecule has 1 aliphatic rings. The molecule has 0 saturated carbocycles. The lowest BCUT2D eigenvalue weighted by Crippen LogP contribution is -2.42. The van der Waals surface area contributed by atoms with Crippen LogP contribution < -0.4 is 4.90 Å². The molecule has 94 valence electrons. The molecule has 0 bridgehead atoms. The monoisotopic (exact) mass is 248 g/mol. The van der Waals surface area contributed by atoms with Gasteiger partial charge in [-0.25, -0.2) is 4.98 Å². The van der Waals surface area contributed by atoms with E-state index in [1.54, 1.807) is 6.92 Å². The SMILES string of the molecule is Cc1cc([N+](=O)[O-])cnc1N1CCOC(C#N)C1. The number of nitro groups is 1. The molecule has 0 spiro atoms. The van der Waals surface area contributed by atoms with Gasteiger partial charge in [0, 0.05) is 12.6 Å². The molecule has 2 rings (SSSR count). The molecule has 1 atom stereocenters. The van der Waals surface area contributed by atoms with E-state index in [-0.39, 0.29) is 5.69 Å². The van der Waals surface area contributed by atoms with Crippen molar-refractivity contribution in [1.29, 1.82) is 5.26 Å². The predicted molar refractivity (Wildman–Crippen MR) is 63.2 cm³/mol. The predicted octanol–water partition coefficient (Wildman–Crippen LogP) is 1.03. The van der Waals surface area contributed by atoms with E-state index in [0.29, 0.717) is 25.5 Å². The number of nitrogens with zero attached hydrogens (tertiary/aromatic N) is 4. The normalized spacial score (nSPS) is 19.3. The van der Waals surface area contributed by atoms with Crippen LogP contribution in [-0.2, 0) is 4.74 Å². The Balaban J connectivity index is 2.23. The van der Waals surface area contributed by atoms with Crippen molar-refractivity contribution in [2.24, 2.45) is 0 Å². The largest absolute Gasteiger partial charge is 0.360 e. The van der Waals surface area contributed by atoms with Crippen LogP contribution in [0.2, 0.25) is 0 Å². The van der Waals surface area contributed by atoms with Crippen molar-refractivity contribution in [2.45, 2.75) is 13.0 Å². The Hall–Kier alpha value is -2.20. The average molecular weight is 248 g/mol. The van der Waals surface area contributed by atoms with Crippen LogP contribution in [0.25, 0.3) is 0 Å². The van der Waals surface area contributed by atoms with Crippen LogP contribution in [-0.4, -0.2) is 35.7 Å². The fourth-order valence-electron chi connectivity index (χ4n) is 1.90. The molecule has 0 aliphatic carbocycles. The molecule has 1 aromatic heterocycles. The first-order chi connectivity index (χ1) is 8.61. The zero-order valence-corrected chi connectivity index (χ0v) is 9.87. The van der Waals surface area contributed by atoms with Gasteiger partial charge in [-0.3, -0.25) is 10.1 Å². The first-order valence-corrected chi connectivity index (χ1v) is 5.49. The van der Waals surface area contributed by atoms with Gasteiger partial charge in [-0.1, -0.05) is 0 Å². The van der Waals surface area contributed by atoms with E-state index >= 15 is 0 Å². The van der Waals surface area contributed by atoms with Crippen molar-refractivity contribution in [3.63, 3.8) is 0 Å². The van der Waals surface area contributed by atoms with Crippen LogP contribution in [0.5, 0.6) is 0 Å². The number of aryl methyl sites for hydroxylation is 1. The number of morpholine rings is 1. The molecule has 7 heteroatoms. The van der Waals surface area contributed by atoms with Crippen molar-refractivity contribution in [1.82, 2.24) is 4.98 Å². The summed E-state index contributed by atoms with van der Waals surface area (Å²) in [6.45, 7) is 3.29. The minimum atomic E-state index is -0.477. The van der Waals surface area contributed by atoms with Crippen LogP contribution in [0.3, 0.4) is 0 Å². The highest BCUT2D eigenvalue weighted by molar-refractivity contribution is 5.51. The van der Waals surface area contributed by atoms with Crippen molar-refractivity contribution < 1.29 is 9.66 Å². The molecule has 1 saturated heterocycles. The van der Waals surface area contributed by atoms with Crippen LogP contribution in [0, 0.1) is 28.4 Å². The second-order valence-electron chi connectivity index (χ2n) is 4.03. The summed E-state index contributed by atoms with van der Waals surface area (Å²) < 4.78 is 5.24. The quantitative estimate of drug-likeness (QED) is 0.573. The smallest absolute Gasteiger partial charge is 0.287 e. The lowest BCUT2D eigenvalue weighted by molar-refractivity contribution is -0.385. The van der Waals surface area contributed by atoms with Gasteiger partial charge in [0.2, 0.25) is 0 Å². The summed E-state index contributed by atoms with van der Waals surface area (Å²) in [5.41, 5.74) is 0.698. The zero-order valence-electron chi connectivity index (χ0n) is 9.87. The van der Waals surface area contributed by atoms with Crippen LogP contribution >= 0.6 is 0 Å². The van der Waals surface area contributed by atoms with E-state index < -0.39 is 11.0 Å². The van der Waals surface area contributed by atoms with Crippen molar-refractivity contribution in [3.8, 4) is 6.07 Å². The molecule has 1 aliphatic heterocycles. The summed E-state index contributed by atoms with van der Waals surface area (Å²) in [6.07, 6.45) is 0.759. The van der Waals surface area contributed by atoms with Crippen LogP contribution in [0.15, 0.2) is 12.3 Å². The molecule has 1 unspecified atom stereocenters. The van der Waals surface area contributed by atoms with Gasteiger partial charge in [0.05, 0.1) is 24.1 Å². The molecule has 2 heterocycles. The van der Waals surface area contributed by atoms with Gasteiger partial charge in [0.15, 0.2) is 6.10 Å². The highest BCUT2D eigenvalue weighted by atomic mass is 16.6. The van der Waals surface area contributed by atoms with E-state index in [1.165, 1.54) is 12.3 Å². The van der Waals surface area contributed by atoms with Gasteiger partial charge in [-0.2, -0.15) is 5.26 Å². The standard InChI is InChI=1S/C11H12N4O3/c1-8-4-9(15(16)17)6-13-11(8)14-2-3-18-10(5-12)7-14/h4,6,10H,2-3,7H2,1H3. The Labute approximate surface area is 104 Å². The summed E-state index contributed by atoms with van der Waals surface area (Å²) >= 11 is 0.